The molecule has 4 rings (SSSR count). The van der Waals surface area contributed by atoms with Crippen molar-refractivity contribution in [3.63, 3.8) is 0 Å². The van der Waals surface area contributed by atoms with E-state index in [-0.39, 0.29) is 17.4 Å². The van der Waals surface area contributed by atoms with E-state index >= 15 is 0 Å². The Morgan fingerprint density at radius 2 is 1.94 bits per heavy atom. The second kappa shape index (κ2) is 8.69. The number of aromatic amines is 1. The molecule has 0 aliphatic rings. The van der Waals surface area contributed by atoms with Crippen LogP contribution >= 0.6 is 11.3 Å². The van der Waals surface area contributed by atoms with Crippen LogP contribution in [0.5, 0.6) is 0 Å². The number of hydrogen-bond donors (Lipinski definition) is 2. The zero-order valence-corrected chi connectivity index (χ0v) is 18.4. The second-order valence-electron chi connectivity index (χ2n) is 7.44. The van der Waals surface area contributed by atoms with E-state index in [1.165, 1.54) is 10.7 Å². The number of benzene rings is 1. The average molecular weight is 434 g/mol. The van der Waals surface area contributed by atoms with Gasteiger partial charge in [-0.1, -0.05) is 36.6 Å². The number of aromatic nitrogens is 4. The summed E-state index contributed by atoms with van der Waals surface area (Å²) in [7, 11) is 0. The number of thiophene rings is 1. The lowest BCUT2D eigenvalue weighted by Gasteiger charge is -2.10. The van der Waals surface area contributed by atoms with Gasteiger partial charge in [-0.15, -0.1) is 11.3 Å². The molecule has 2 N–H and O–H groups in total. The third-order valence-corrected chi connectivity index (χ3v) is 5.59. The molecule has 8 heteroatoms. The Hall–Kier alpha value is -3.52. The van der Waals surface area contributed by atoms with E-state index in [4.69, 9.17) is 0 Å². The smallest absolute Gasteiger partial charge is 0.256 e. The minimum Gasteiger partial charge on any atom is -0.306 e. The second-order valence-corrected chi connectivity index (χ2v) is 8.39. The van der Waals surface area contributed by atoms with Crippen molar-refractivity contribution in [3.05, 3.63) is 80.6 Å². The summed E-state index contributed by atoms with van der Waals surface area (Å²) in [5, 5.41) is 9.53. The topological polar surface area (TPSA) is 92.7 Å². The summed E-state index contributed by atoms with van der Waals surface area (Å²) < 4.78 is 1.48. The van der Waals surface area contributed by atoms with Gasteiger partial charge in [-0.2, -0.15) is 9.78 Å². The maximum absolute atomic E-state index is 13.0. The van der Waals surface area contributed by atoms with Gasteiger partial charge >= 0.3 is 0 Å². The lowest BCUT2D eigenvalue weighted by molar-refractivity contribution is 0.102. The van der Waals surface area contributed by atoms with Gasteiger partial charge in [0.05, 0.1) is 4.88 Å². The van der Waals surface area contributed by atoms with Gasteiger partial charge in [0.25, 0.3) is 11.5 Å². The third-order valence-electron chi connectivity index (χ3n) is 4.70. The van der Waals surface area contributed by atoms with Crippen LogP contribution in [0, 0.1) is 13.8 Å². The first-order valence-electron chi connectivity index (χ1n) is 10.1. The molecule has 0 atom stereocenters. The molecule has 3 aromatic heterocycles. The van der Waals surface area contributed by atoms with Crippen molar-refractivity contribution in [2.75, 3.05) is 5.32 Å². The standard InChI is InChI=1S/C23H23N5O2S/c1-4-6-17-12-21(29)26-23(24-17)28-20(13-18(27-28)19-7-5-8-31-19)25-22(30)16-10-14(2)9-15(3)11-16/h5,7-13H,4,6H2,1-3H3,(H,25,30)(H,24,26,29). The molecule has 31 heavy (non-hydrogen) atoms. The monoisotopic (exact) mass is 433 g/mol. The van der Waals surface area contributed by atoms with E-state index in [1.54, 1.807) is 17.4 Å². The van der Waals surface area contributed by atoms with Crippen LogP contribution in [-0.2, 0) is 6.42 Å². The first-order valence-corrected chi connectivity index (χ1v) is 10.9. The highest BCUT2D eigenvalue weighted by Crippen LogP contribution is 2.27. The Bertz CT molecular complexity index is 1270. The van der Waals surface area contributed by atoms with Gasteiger partial charge in [0.1, 0.15) is 11.5 Å². The number of nitrogens with one attached hydrogen (secondary N) is 2. The molecule has 7 nitrogen and oxygen atoms in total. The van der Waals surface area contributed by atoms with E-state index in [0.29, 0.717) is 29.2 Å². The van der Waals surface area contributed by atoms with Gasteiger partial charge < -0.3 is 5.32 Å². The van der Waals surface area contributed by atoms with Crippen LogP contribution in [0.15, 0.2) is 52.6 Å². The van der Waals surface area contributed by atoms with Crippen LogP contribution in [0.4, 0.5) is 5.82 Å². The van der Waals surface area contributed by atoms with Crippen molar-refractivity contribution in [1.82, 2.24) is 19.7 Å². The SMILES string of the molecule is CCCc1cc(=O)[nH]c(-n2nc(-c3cccs3)cc2NC(=O)c2cc(C)cc(C)c2)n1. The van der Waals surface area contributed by atoms with E-state index in [2.05, 4.69) is 20.4 Å². The lowest BCUT2D eigenvalue weighted by Crippen LogP contribution is -2.19. The Morgan fingerprint density at radius 1 is 1.16 bits per heavy atom. The summed E-state index contributed by atoms with van der Waals surface area (Å²) in [6, 6.07) is 12.9. The lowest BCUT2D eigenvalue weighted by atomic mass is 10.1. The highest BCUT2D eigenvalue weighted by atomic mass is 32.1. The molecular weight excluding hydrogens is 410 g/mol. The summed E-state index contributed by atoms with van der Waals surface area (Å²) in [6.07, 6.45) is 1.55. The number of hydrogen-bond acceptors (Lipinski definition) is 5. The van der Waals surface area contributed by atoms with Gasteiger partial charge in [0, 0.05) is 23.4 Å². The normalized spacial score (nSPS) is 10.9. The largest absolute Gasteiger partial charge is 0.306 e. The van der Waals surface area contributed by atoms with Gasteiger partial charge in [-0.05, 0) is 43.8 Å². The minimum absolute atomic E-state index is 0.252. The maximum atomic E-state index is 13.0. The van der Waals surface area contributed by atoms with Crippen LogP contribution < -0.4 is 10.9 Å². The summed E-state index contributed by atoms with van der Waals surface area (Å²) in [5.41, 5.74) is 3.69. The predicted octanol–water partition coefficient (Wildman–Crippen LogP) is 4.51. The van der Waals surface area contributed by atoms with Gasteiger partial charge in [-0.25, -0.2) is 4.98 Å². The van der Waals surface area contributed by atoms with Crippen molar-refractivity contribution in [2.24, 2.45) is 0 Å². The molecule has 0 spiro atoms. The molecule has 3 heterocycles. The number of anilines is 1. The molecule has 0 fully saturated rings. The van der Waals surface area contributed by atoms with Crippen LogP contribution in [0.3, 0.4) is 0 Å². The van der Waals surface area contributed by atoms with E-state index in [9.17, 15) is 9.59 Å². The number of aryl methyl sites for hydroxylation is 3. The molecule has 0 aliphatic heterocycles. The Labute approximate surface area is 183 Å². The molecule has 0 unspecified atom stereocenters. The van der Waals surface area contributed by atoms with Gasteiger partial charge in [0.2, 0.25) is 5.95 Å². The Morgan fingerprint density at radius 3 is 2.61 bits per heavy atom. The molecule has 4 aromatic rings. The fourth-order valence-electron chi connectivity index (χ4n) is 3.45. The van der Waals surface area contributed by atoms with Crippen molar-refractivity contribution >= 4 is 23.1 Å². The summed E-state index contributed by atoms with van der Waals surface area (Å²) in [5.74, 6) is 0.455. The summed E-state index contributed by atoms with van der Waals surface area (Å²) in [4.78, 5) is 33.4. The van der Waals surface area contributed by atoms with Crippen LogP contribution in [-0.4, -0.2) is 25.7 Å². The number of nitrogens with zero attached hydrogens (tertiary/aromatic N) is 3. The quantitative estimate of drug-likeness (QED) is 0.468. The van der Waals surface area contributed by atoms with Crippen molar-refractivity contribution in [3.8, 4) is 16.5 Å². The zero-order chi connectivity index (χ0) is 22.0. The molecule has 0 bridgehead atoms. The average Bonchev–Trinajstić information content (AvgIpc) is 3.37. The van der Waals surface area contributed by atoms with Crippen LogP contribution in [0.1, 0.15) is 40.5 Å². The number of carbonyl (C=O) groups is 1. The molecular formula is C23H23N5O2S. The minimum atomic E-state index is -0.256. The molecule has 0 saturated heterocycles. The maximum Gasteiger partial charge on any atom is 0.256 e. The predicted molar refractivity (Wildman–Crippen MR) is 123 cm³/mol. The zero-order valence-electron chi connectivity index (χ0n) is 17.6. The van der Waals surface area contributed by atoms with Crippen LogP contribution in [0.25, 0.3) is 16.5 Å². The van der Waals surface area contributed by atoms with E-state index in [1.807, 2.05) is 56.5 Å². The van der Waals surface area contributed by atoms with E-state index < -0.39 is 0 Å². The molecule has 0 aliphatic carbocycles. The fourth-order valence-corrected chi connectivity index (χ4v) is 4.13. The van der Waals surface area contributed by atoms with E-state index in [0.717, 1.165) is 22.4 Å². The third kappa shape index (κ3) is 4.64. The molecule has 1 aromatic carbocycles. The molecule has 1 amide bonds. The summed E-state index contributed by atoms with van der Waals surface area (Å²) >= 11 is 1.55. The number of carbonyl (C=O) groups excluding carboxylic acids is 1. The Kier molecular flexibility index (Phi) is 5.81. The molecule has 0 radical (unpaired) electrons. The van der Waals surface area contributed by atoms with Crippen molar-refractivity contribution < 1.29 is 4.79 Å². The van der Waals surface area contributed by atoms with Crippen LogP contribution in [0.2, 0.25) is 0 Å². The highest BCUT2D eigenvalue weighted by Gasteiger charge is 2.17. The van der Waals surface area contributed by atoms with Crippen molar-refractivity contribution in [2.45, 2.75) is 33.6 Å². The fraction of sp³-hybridized carbons (Fsp3) is 0.217. The number of H-pyrrole nitrogens is 1. The van der Waals surface area contributed by atoms with Gasteiger partial charge in [0.15, 0.2) is 0 Å². The van der Waals surface area contributed by atoms with Gasteiger partial charge in [-0.3, -0.25) is 14.6 Å². The Balaban J connectivity index is 1.78. The highest BCUT2D eigenvalue weighted by molar-refractivity contribution is 7.13. The summed E-state index contributed by atoms with van der Waals surface area (Å²) in [6.45, 7) is 5.94. The molecule has 158 valence electrons. The first-order chi connectivity index (χ1) is 14.9. The first kappa shape index (κ1) is 20.7. The molecule has 0 saturated carbocycles. The number of rotatable bonds is 6. The van der Waals surface area contributed by atoms with Crippen molar-refractivity contribution in [1.29, 1.82) is 0 Å². The number of amides is 1.